The molecule has 382 valence electrons. The molecule has 0 N–H and O–H groups in total. The maximum Gasteiger partial charge on any atom is 0.306 e. The quantitative estimate of drug-likeness (QED) is 0.0259. The molecular weight excluding hydrogens is 811 g/mol. The van der Waals surface area contributed by atoms with Gasteiger partial charge in [-0.25, -0.2) is 0 Å². The Kier molecular flexibility index (Phi) is 46.6. The molecule has 0 saturated carbocycles. The number of carbonyl (C=O) groups excluding carboxylic acids is 3. The molecule has 0 aromatic carbocycles. The molecule has 2 atom stereocenters. The Hall–Kier alpha value is -2.19. The summed E-state index contributed by atoms with van der Waals surface area (Å²) < 4.78 is 17.3. The van der Waals surface area contributed by atoms with E-state index < -0.39 is 18.1 Å². The summed E-state index contributed by atoms with van der Waals surface area (Å²) in [5.41, 5.74) is 0. The van der Waals surface area contributed by atoms with Crippen molar-refractivity contribution in [2.24, 2.45) is 0 Å². The lowest BCUT2D eigenvalue weighted by Crippen LogP contribution is -2.55. The molecule has 0 aromatic rings. The summed E-state index contributed by atoms with van der Waals surface area (Å²) in [6.07, 6.45) is 56.4. The maximum absolute atomic E-state index is 12.8. The standard InChI is InChI=1S/C57H107NO7/c1-6-8-10-12-14-16-18-20-22-24-26-27-28-29-30-32-34-36-38-40-42-44-46-48-56(60)65-53(51-63-50-49-54(57(61)62)58(3,4)5)52-64-55(59)47-45-43-41-39-37-35-33-31-25-23-21-19-17-15-13-11-9-7-2/h26-27,29-30,53-54H,6-25,28,31-52H2,1-5H3/b27-26+,30-29+. The Bertz CT molecular complexity index is 1120. The summed E-state index contributed by atoms with van der Waals surface area (Å²) >= 11 is 0. The number of hydrogen-bond acceptors (Lipinski definition) is 7. The molecule has 8 nitrogen and oxygen atoms in total. The summed E-state index contributed by atoms with van der Waals surface area (Å²) in [6.45, 7) is 4.71. The Morgan fingerprint density at radius 2 is 0.815 bits per heavy atom. The summed E-state index contributed by atoms with van der Waals surface area (Å²) in [7, 11) is 5.43. The Balaban J connectivity index is 4.19. The fourth-order valence-corrected chi connectivity index (χ4v) is 8.52. The summed E-state index contributed by atoms with van der Waals surface area (Å²) in [6, 6.07) is -0.725. The highest BCUT2D eigenvalue weighted by atomic mass is 16.6. The first-order chi connectivity index (χ1) is 31.6. The third-order valence-electron chi connectivity index (χ3n) is 12.8. The van der Waals surface area contributed by atoms with E-state index in [0.717, 1.165) is 51.4 Å². The SMILES string of the molecule is CCCCCCCCCCC/C=C/C/C=C/CCCCCCCCCC(=O)OC(COCCC(C(=O)[O-])[N+](C)(C)C)COC(=O)CCCCCCCCCCCCCCCCCCCC. The number of ether oxygens (including phenoxy) is 3. The van der Waals surface area contributed by atoms with Gasteiger partial charge in [0.05, 0.1) is 40.3 Å². The number of unbranched alkanes of at least 4 members (excludes halogenated alkanes) is 33. The van der Waals surface area contributed by atoms with Crippen molar-refractivity contribution in [2.45, 2.75) is 283 Å². The number of esters is 2. The zero-order valence-electron chi connectivity index (χ0n) is 43.7. The fraction of sp³-hybridized carbons (Fsp3) is 0.877. The second-order valence-electron chi connectivity index (χ2n) is 20.2. The zero-order valence-corrected chi connectivity index (χ0v) is 43.7. The normalized spacial score (nSPS) is 12.9. The van der Waals surface area contributed by atoms with E-state index in [1.54, 1.807) is 0 Å². The molecule has 8 heteroatoms. The predicted molar refractivity (Wildman–Crippen MR) is 273 cm³/mol. The second kappa shape index (κ2) is 48.3. The van der Waals surface area contributed by atoms with Crippen LogP contribution in [-0.4, -0.2) is 75.5 Å². The number of hydrogen-bond donors (Lipinski definition) is 0. The number of carboxylic acid groups (broad SMARTS) is 1. The van der Waals surface area contributed by atoms with Gasteiger partial charge in [-0.15, -0.1) is 0 Å². The van der Waals surface area contributed by atoms with Gasteiger partial charge in [-0.3, -0.25) is 9.59 Å². The van der Waals surface area contributed by atoms with Crippen LogP contribution in [0.25, 0.3) is 0 Å². The number of aliphatic carboxylic acids is 1. The van der Waals surface area contributed by atoms with Crippen molar-refractivity contribution in [3.05, 3.63) is 24.3 Å². The van der Waals surface area contributed by atoms with Crippen LogP contribution in [0.2, 0.25) is 0 Å². The van der Waals surface area contributed by atoms with Gasteiger partial charge in [0.2, 0.25) is 0 Å². The first-order valence-electron chi connectivity index (χ1n) is 27.9. The van der Waals surface area contributed by atoms with Gasteiger partial charge in [0.15, 0.2) is 6.10 Å². The van der Waals surface area contributed by atoms with Crippen molar-refractivity contribution < 1.29 is 38.2 Å². The predicted octanol–water partition coefficient (Wildman–Crippen LogP) is 15.0. The molecular formula is C57H107NO7. The van der Waals surface area contributed by atoms with Crippen LogP contribution < -0.4 is 5.11 Å². The highest BCUT2D eigenvalue weighted by Crippen LogP contribution is 2.17. The van der Waals surface area contributed by atoms with Crippen molar-refractivity contribution in [2.75, 3.05) is 41.0 Å². The first kappa shape index (κ1) is 62.8. The fourth-order valence-electron chi connectivity index (χ4n) is 8.52. The van der Waals surface area contributed by atoms with Crippen LogP contribution in [0.3, 0.4) is 0 Å². The van der Waals surface area contributed by atoms with Crippen LogP contribution in [-0.2, 0) is 28.6 Å². The molecule has 0 saturated heterocycles. The van der Waals surface area contributed by atoms with Crippen LogP contribution in [0.1, 0.15) is 271 Å². The van der Waals surface area contributed by atoms with E-state index in [1.807, 2.05) is 21.1 Å². The van der Waals surface area contributed by atoms with Crippen LogP contribution >= 0.6 is 0 Å². The number of allylic oxidation sites excluding steroid dienone is 4. The molecule has 0 aliphatic carbocycles. The number of quaternary nitrogens is 1. The molecule has 0 heterocycles. The van der Waals surface area contributed by atoms with Gasteiger partial charge in [-0.2, -0.15) is 0 Å². The average Bonchev–Trinajstić information content (AvgIpc) is 3.27. The lowest BCUT2D eigenvalue weighted by Gasteiger charge is -2.34. The highest BCUT2D eigenvalue weighted by molar-refractivity contribution is 5.70. The van der Waals surface area contributed by atoms with E-state index in [4.69, 9.17) is 14.2 Å². The van der Waals surface area contributed by atoms with Gasteiger partial charge < -0.3 is 28.6 Å². The lowest BCUT2D eigenvalue weighted by atomic mass is 10.0. The van der Waals surface area contributed by atoms with E-state index in [0.29, 0.717) is 12.8 Å². The Morgan fingerprint density at radius 3 is 1.18 bits per heavy atom. The van der Waals surface area contributed by atoms with Gasteiger partial charge in [0.25, 0.3) is 0 Å². The maximum atomic E-state index is 12.8. The van der Waals surface area contributed by atoms with Crippen molar-refractivity contribution in [3.8, 4) is 0 Å². The lowest BCUT2D eigenvalue weighted by molar-refractivity contribution is -0.889. The monoisotopic (exact) mass is 918 g/mol. The molecule has 0 rings (SSSR count). The average molecular weight is 918 g/mol. The molecule has 0 fully saturated rings. The highest BCUT2D eigenvalue weighted by Gasteiger charge is 2.25. The molecule has 65 heavy (non-hydrogen) atoms. The molecule has 0 aliphatic rings. The van der Waals surface area contributed by atoms with Crippen LogP contribution in [0.5, 0.6) is 0 Å². The van der Waals surface area contributed by atoms with Crippen LogP contribution in [0, 0.1) is 0 Å². The van der Waals surface area contributed by atoms with E-state index >= 15 is 0 Å². The number of rotatable bonds is 51. The zero-order chi connectivity index (χ0) is 47.7. The summed E-state index contributed by atoms with van der Waals surface area (Å²) in [4.78, 5) is 37.1. The van der Waals surface area contributed by atoms with Crippen molar-refractivity contribution in [3.63, 3.8) is 0 Å². The topological polar surface area (TPSA) is 102 Å². The summed E-state index contributed by atoms with van der Waals surface area (Å²) in [5.74, 6) is -1.72. The van der Waals surface area contributed by atoms with Crippen molar-refractivity contribution >= 4 is 17.9 Å². The Morgan fingerprint density at radius 1 is 0.462 bits per heavy atom. The molecule has 0 spiro atoms. The van der Waals surface area contributed by atoms with Gasteiger partial charge in [0.1, 0.15) is 12.6 Å². The van der Waals surface area contributed by atoms with E-state index in [-0.39, 0.29) is 42.7 Å². The molecule has 0 bridgehead atoms. The largest absolute Gasteiger partial charge is 0.544 e. The summed E-state index contributed by atoms with van der Waals surface area (Å²) in [5, 5.41) is 11.7. The molecule has 0 amide bonds. The number of carbonyl (C=O) groups is 3. The van der Waals surface area contributed by atoms with E-state index in [2.05, 4.69) is 38.2 Å². The van der Waals surface area contributed by atoms with E-state index in [9.17, 15) is 19.5 Å². The van der Waals surface area contributed by atoms with Gasteiger partial charge in [-0.1, -0.05) is 231 Å². The van der Waals surface area contributed by atoms with Crippen LogP contribution in [0.4, 0.5) is 0 Å². The molecule has 0 aromatic heterocycles. The number of likely N-dealkylation sites (N-methyl/N-ethyl adjacent to an activating group) is 1. The third kappa shape index (κ3) is 46.7. The van der Waals surface area contributed by atoms with Gasteiger partial charge in [0, 0.05) is 19.3 Å². The molecule has 0 aliphatic heterocycles. The Labute approximate surface area is 402 Å². The minimum atomic E-state index is -1.12. The van der Waals surface area contributed by atoms with Gasteiger partial charge >= 0.3 is 11.9 Å². The minimum Gasteiger partial charge on any atom is -0.544 e. The third-order valence-corrected chi connectivity index (χ3v) is 12.8. The molecule has 2 unspecified atom stereocenters. The smallest absolute Gasteiger partial charge is 0.306 e. The van der Waals surface area contributed by atoms with Crippen molar-refractivity contribution in [1.29, 1.82) is 0 Å². The van der Waals surface area contributed by atoms with Crippen LogP contribution in [0.15, 0.2) is 24.3 Å². The van der Waals surface area contributed by atoms with Gasteiger partial charge in [-0.05, 0) is 44.9 Å². The van der Waals surface area contributed by atoms with Crippen molar-refractivity contribution in [1.82, 2.24) is 0 Å². The van der Waals surface area contributed by atoms with E-state index in [1.165, 1.54) is 186 Å². The second-order valence-corrected chi connectivity index (χ2v) is 20.2. The first-order valence-corrected chi connectivity index (χ1v) is 27.9. The minimum absolute atomic E-state index is 0.0421. The number of nitrogens with zero attached hydrogens (tertiary/aromatic N) is 1. The molecule has 0 radical (unpaired) electrons. The number of carboxylic acids is 1.